The summed E-state index contributed by atoms with van der Waals surface area (Å²) >= 11 is 7.63. The average Bonchev–Trinajstić information content (AvgIpc) is 3.43. The van der Waals surface area contributed by atoms with Crippen molar-refractivity contribution in [1.29, 1.82) is 0 Å². The van der Waals surface area contributed by atoms with Crippen LogP contribution in [0.2, 0.25) is 0 Å². The lowest BCUT2D eigenvalue weighted by atomic mass is 9.85. The molecule has 4 rings (SSSR count). The Balaban J connectivity index is 1.32. The van der Waals surface area contributed by atoms with Gasteiger partial charge in [0.25, 0.3) is 0 Å². The quantitative estimate of drug-likeness (QED) is 0.348. The minimum absolute atomic E-state index is 0.0485. The fourth-order valence-electron chi connectivity index (χ4n) is 6.17. The minimum Gasteiger partial charge on any atom is -0.375 e. The van der Waals surface area contributed by atoms with Crippen LogP contribution in [0.4, 0.5) is 0 Å². The maximum Gasteiger partial charge on any atom is 0.244 e. The third-order valence-corrected chi connectivity index (χ3v) is 9.91. The van der Waals surface area contributed by atoms with E-state index >= 15 is 0 Å². The number of hydrogen-bond donors (Lipinski definition) is 2. The highest BCUT2D eigenvalue weighted by Crippen LogP contribution is 2.28. The Hall–Kier alpha value is -1.64. The van der Waals surface area contributed by atoms with Gasteiger partial charge in [-0.15, -0.1) is 11.8 Å². The van der Waals surface area contributed by atoms with Crippen molar-refractivity contribution in [2.75, 3.05) is 24.7 Å². The highest BCUT2D eigenvalue weighted by atomic mass is 32.2. The SMILES string of the molecule is CC(C)CC(=O)N1CSC[C@H]1C(=O)N[C@H](CCC1CCCCC1)C(=S)NC1CCN(Cc2ccccc2)CC1. The fraction of sp³-hybridized carbons (Fsp3) is 0.710. The van der Waals surface area contributed by atoms with Crippen molar-refractivity contribution in [3.8, 4) is 0 Å². The molecule has 0 radical (unpaired) electrons. The Labute approximate surface area is 245 Å². The number of carbonyl (C=O) groups excluding carboxylic acids is 2. The second-order valence-corrected chi connectivity index (χ2v) is 13.6. The van der Waals surface area contributed by atoms with Crippen LogP contribution in [0.25, 0.3) is 0 Å². The van der Waals surface area contributed by atoms with Crippen molar-refractivity contribution in [1.82, 2.24) is 20.4 Å². The van der Waals surface area contributed by atoms with Crippen LogP contribution in [-0.2, 0) is 16.1 Å². The summed E-state index contributed by atoms with van der Waals surface area (Å²) < 4.78 is 0. The van der Waals surface area contributed by atoms with Crippen LogP contribution in [-0.4, -0.2) is 69.4 Å². The molecule has 1 aliphatic carbocycles. The molecular formula is C31H48N4O2S2. The van der Waals surface area contributed by atoms with Crippen molar-refractivity contribution < 1.29 is 9.59 Å². The molecule has 3 aliphatic rings. The van der Waals surface area contributed by atoms with Gasteiger partial charge < -0.3 is 15.5 Å². The molecule has 1 aromatic carbocycles. The normalized spacial score (nSPS) is 22.1. The number of thiocarbonyl (C=S) groups is 1. The average molecular weight is 573 g/mol. The molecule has 8 heteroatoms. The summed E-state index contributed by atoms with van der Waals surface area (Å²) in [6, 6.07) is 10.4. The topological polar surface area (TPSA) is 64.7 Å². The van der Waals surface area contributed by atoms with Gasteiger partial charge in [0.15, 0.2) is 0 Å². The van der Waals surface area contributed by atoms with Gasteiger partial charge in [-0.05, 0) is 43.1 Å². The molecule has 2 saturated heterocycles. The molecule has 2 atom stereocenters. The standard InChI is InChI=1S/C31H48N4O2S2/c1-23(2)19-29(36)35-22-39-21-28(35)30(37)33-27(14-13-24-9-5-3-6-10-24)31(38)32-26-15-17-34(18-16-26)20-25-11-7-4-8-12-25/h4,7-8,11-12,23-24,26-28H,3,5-6,9-10,13-22H2,1-2H3,(H,32,38)(H,33,37)/t27-,28+/m1/s1. The summed E-state index contributed by atoms with van der Waals surface area (Å²) in [5, 5.41) is 6.96. The Morgan fingerprint density at radius 2 is 1.77 bits per heavy atom. The van der Waals surface area contributed by atoms with E-state index in [4.69, 9.17) is 12.2 Å². The van der Waals surface area contributed by atoms with E-state index in [1.165, 1.54) is 37.7 Å². The van der Waals surface area contributed by atoms with Gasteiger partial charge >= 0.3 is 0 Å². The van der Waals surface area contributed by atoms with Gasteiger partial charge in [0.05, 0.1) is 16.9 Å². The first-order valence-electron chi connectivity index (χ1n) is 15.1. The number of nitrogens with one attached hydrogen (secondary N) is 2. The smallest absolute Gasteiger partial charge is 0.244 e. The number of amides is 2. The summed E-state index contributed by atoms with van der Waals surface area (Å²) in [5.41, 5.74) is 1.36. The zero-order chi connectivity index (χ0) is 27.6. The van der Waals surface area contributed by atoms with Crippen LogP contribution >= 0.6 is 24.0 Å². The number of thioether (sulfide) groups is 1. The lowest BCUT2D eigenvalue weighted by Gasteiger charge is -2.34. The first-order chi connectivity index (χ1) is 18.9. The third-order valence-electron chi connectivity index (χ3n) is 8.49. The molecule has 0 unspecified atom stereocenters. The van der Waals surface area contributed by atoms with E-state index in [0.717, 1.165) is 56.2 Å². The Morgan fingerprint density at radius 3 is 2.46 bits per heavy atom. The van der Waals surface area contributed by atoms with Gasteiger partial charge in [-0.1, -0.05) is 88.5 Å². The fourth-order valence-corrected chi connectivity index (χ4v) is 7.69. The third kappa shape index (κ3) is 9.46. The molecule has 2 N–H and O–H groups in total. The number of piperidine rings is 1. The molecule has 3 fully saturated rings. The van der Waals surface area contributed by atoms with E-state index in [1.807, 2.05) is 13.8 Å². The van der Waals surface area contributed by atoms with E-state index in [9.17, 15) is 9.59 Å². The predicted octanol–water partition coefficient (Wildman–Crippen LogP) is 5.36. The van der Waals surface area contributed by atoms with Crippen molar-refractivity contribution in [2.24, 2.45) is 11.8 Å². The lowest BCUT2D eigenvalue weighted by Crippen LogP contribution is -2.55. The maximum atomic E-state index is 13.5. The zero-order valence-corrected chi connectivity index (χ0v) is 25.5. The first kappa shape index (κ1) is 30.3. The highest BCUT2D eigenvalue weighted by Gasteiger charge is 2.36. The van der Waals surface area contributed by atoms with Crippen LogP contribution in [0.5, 0.6) is 0 Å². The largest absolute Gasteiger partial charge is 0.375 e. The second-order valence-electron chi connectivity index (χ2n) is 12.2. The molecule has 1 saturated carbocycles. The monoisotopic (exact) mass is 572 g/mol. The summed E-state index contributed by atoms with van der Waals surface area (Å²) in [4.78, 5) is 31.4. The predicted molar refractivity (Wildman–Crippen MR) is 166 cm³/mol. The van der Waals surface area contributed by atoms with E-state index < -0.39 is 6.04 Å². The number of nitrogens with zero attached hydrogens (tertiary/aromatic N) is 2. The lowest BCUT2D eigenvalue weighted by molar-refractivity contribution is -0.138. The van der Waals surface area contributed by atoms with Crippen LogP contribution in [0.3, 0.4) is 0 Å². The molecule has 0 aromatic heterocycles. The first-order valence-corrected chi connectivity index (χ1v) is 16.7. The van der Waals surface area contributed by atoms with E-state index in [1.54, 1.807) is 16.7 Å². The molecule has 0 spiro atoms. The van der Waals surface area contributed by atoms with Gasteiger partial charge in [0.1, 0.15) is 6.04 Å². The molecule has 39 heavy (non-hydrogen) atoms. The molecule has 1 aromatic rings. The molecular weight excluding hydrogens is 525 g/mol. The van der Waals surface area contributed by atoms with E-state index in [0.29, 0.717) is 24.1 Å². The minimum atomic E-state index is -0.401. The van der Waals surface area contributed by atoms with Gasteiger partial charge in [-0.2, -0.15) is 0 Å². The summed E-state index contributed by atoms with van der Waals surface area (Å²) in [6.07, 6.45) is 11.1. The Bertz CT molecular complexity index is 930. The molecule has 0 bridgehead atoms. The number of hydrogen-bond acceptors (Lipinski definition) is 5. The zero-order valence-electron chi connectivity index (χ0n) is 23.9. The maximum absolute atomic E-state index is 13.5. The van der Waals surface area contributed by atoms with Crippen LogP contribution in [0.15, 0.2) is 30.3 Å². The van der Waals surface area contributed by atoms with E-state index in [2.05, 4.69) is 45.9 Å². The van der Waals surface area contributed by atoms with Gasteiger partial charge in [-0.25, -0.2) is 0 Å². The number of benzene rings is 1. The highest BCUT2D eigenvalue weighted by molar-refractivity contribution is 7.99. The molecule has 216 valence electrons. The number of likely N-dealkylation sites (tertiary alicyclic amines) is 1. The molecule has 2 aliphatic heterocycles. The Morgan fingerprint density at radius 1 is 1.05 bits per heavy atom. The van der Waals surface area contributed by atoms with Crippen LogP contribution < -0.4 is 10.6 Å². The second kappa shape index (κ2) is 15.4. The van der Waals surface area contributed by atoms with Crippen molar-refractivity contribution in [3.63, 3.8) is 0 Å². The van der Waals surface area contributed by atoms with Crippen molar-refractivity contribution >= 4 is 40.8 Å². The summed E-state index contributed by atoms with van der Waals surface area (Å²) in [5.74, 6) is 2.30. The van der Waals surface area contributed by atoms with E-state index in [-0.39, 0.29) is 23.8 Å². The molecule has 2 heterocycles. The van der Waals surface area contributed by atoms with Crippen LogP contribution in [0, 0.1) is 11.8 Å². The summed E-state index contributed by atoms with van der Waals surface area (Å²) in [6.45, 7) is 7.17. The van der Waals surface area contributed by atoms with Crippen molar-refractivity contribution in [3.05, 3.63) is 35.9 Å². The molecule has 2 amide bonds. The summed E-state index contributed by atoms with van der Waals surface area (Å²) in [7, 11) is 0. The number of carbonyl (C=O) groups is 2. The van der Waals surface area contributed by atoms with Gasteiger partial charge in [-0.3, -0.25) is 14.5 Å². The van der Waals surface area contributed by atoms with Crippen molar-refractivity contribution in [2.45, 2.75) is 103 Å². The molecule has 6 nitrogen and oxygen atoms in total. The van der Waals surface area contributed by atoms with Gasteiger partial charge in [0, 0.05) is 37.8 Å². The van der Waals surface area contributed by atoms with Gasteiger partial charge in [0.2, 0.25) is 11.8 Å². The Kier molecular flexibility index (Phi) is 12.0. The van der Waals surface area contributed by atoms with Crippen LogP contribution in [0.1, 0.15) is 83.6 Å². The number of rotatable bonds is 11.